The van der Waals surface area contributed by atoms with Gasteiger partial charge in [-0.05, 0) is 37.8 Å². The predicted molar refractivity (Wildman–Crippen MR) is 109 cm³/mol. The van der Waals surface area contributed by atoms with Crippen molar-refractivity contribution in [1.29, 1.82) is 0 Å². The summed E-state index contributed by atoms with van der Waals surface area (Å²) in [7, 11) is 0. The van der Waals surface area contributed by atoms with Crippen molar-refractivity contribution in [3.8, 4) is 0 Å². The molecule has 0 spiro atoms. The van der Waals surface area contributed by atoms with Crippen LogP contribution in [0.4, 0.5) is 0 Å². The summed E-state index contributed by atoms with van der Waals surface area (Å²) in [5.74, 6) is 0. The van der Waals surface area contributed by atoms with Crippen LogP contribution in [0.5, 0.6) is 0 Å². The smallest absolute Gasteiger partial charge is 0.177 e. The van der Waals surface area contributed by atoms with Crippen LogP contribution >= 0.6 is 0 Å². The number of unbranched alkanes of at least 4 members (excludes halogenated alkanes) is 4. The van der Waals surface area contributed by atoms with Crippen LogP contribution in [0, 0.1) is 0 Å². The van der Waals surface area contributed by atoms with Gasteiger partial charge in [-0.15, -0.1) is 0 Å². The van der Waals surface area contributed by atoms with Crippen molar-refractivity contribution in [2.75, 3.05) is 26.4 Å². The summed E-state index contributed by atoms with van der Waals surface area (Å²) in [5.41, 5.74) is 0. The molecule has 154 valence electrons. The second kappa shape index (κ2) is 20.6. The molecule has 4 heteroatoms. The van der Waals surface area contributed by atoms with Gasteiger partial charge in [0.25, 0.3) is 0 Å². The van der Waals surface area contributed by atoms with E-state index in [9.17, 15) is 0 Å². The minimum atomic E-state index is -0.279. The van der Waals surface area contributed by atoms with Gasteiger partial charge in [-0.1, -0.05) is 65.5 Å². The fourth-order valence-corrected chi connectivity index (χ4v) is 2.00. The summed E-state index contributed by atoms with van der Waals surface area (Å²) in [4.78, 5) is 0. The summed E-state index contributed by atoms with van der Waals surface area (Å²) in [5, 5.41) is 0. The number of hydrogen-bond acceptors (Lipinski definition) is 4. The Morgan fingerprint density at radius 1 is 0.500 bits per heavy atom. The molecule has 0 aromatic heterocycles. The lowest BCUT2D eigenvalue weighted by atomic mass is 10.3. The van der Waals surface area contributed by atoms with E-state index in [1.807, 2.05) is 24.3 Å². The Morgan fingerprint density at radius 3 is 1.00 bits per heavy atom. The van der Waals surface area contributed by atoms with Gasteiger partial charge in [0, 0.05) is 0 Å². The van der Waals surface area contributed by atoms with E-state index >= 15 is 0 Å². The summed E-state index contributed by atoms with van der Waals surface area (Å²) >= 11 is 0. The van der Waals surface area contributed by atoms with Crippen LogP contribution in [-0.4, -0.2) is 39.0 Å². The summed E-state index contributed by atoms with van der Waals surface area (Å²) in [6, 6.07) is 0. The van der Waals surface area contributed by atoms with Crippen molar-refractivity contribution in [2.45, 2.75) is 91.6 Å². The maximum atomic E-state index is 5.79. The Morgan fingerprint density at radius 2 is 0.769 bits per heavy atom. The highest BCUT2D eigenvalue weighted by atomic mass is 16.7. The molecular formula is C22H42O4. The summed E-state index contributed by atoms with van der Waals surface area (Å²) < 4.78 is 23.2. The predicted octanol–water partition coefficient (Wildman–Crippen LogP) is 6.02. The van der Waals surface area contributed by atoms with E-state index < -0.39 is 0 Å². The molecular weight excluding hydrogens is 328 g/mol. The molecule has 0 rings (SSSR count). The highest BCUT2D eigenvalue weighted by Crippen LogP contribution is 2.05. The fraction of sp³-hybridized carbons (Fsp3) is 0.818. The Balaban J connectivity index is 4.43. The van der Waals surface area contributed by atoms with Crippen molar-refractivity contribution in [2.24, 2.45) is 0 Å². The van der Waals surface area contributed by atoms with Gasteiger partial charge in [-0.2, -0.15) is 0 Å². The molecule has 0 aliphatic rings. The average molecular weight is 371 g/mol. The van der Waals surface area contributed by atoms with E-state index in [1.165, 1.54) is 0 Å². The second-order valence-electron chi connectivity index (χ2n) is 6.40. The minimum absolute atomic E-state index is 0.279. The van der Waals surface area contributed by atoms with Crippen LogP contribution in [0.1, 0.15) is 79.1 Å². The molecule has 0 amide bonds. The van der Waals surface area contributed by atoms with E-state index in [0.29, 0.717) is 0 Å². The maximum Gasteiger partial charge on any atom is 0.177 e. The molecule has 0 N–H and O–H groups in total. The van der Waals surface area contributed by atoms with Gasteiger partial charge < -0.3 is 18.9 Å². The van der Waals surface area contributed by atoms with Crippen molar-refractivity contribution >= 4 is 0 Å². The molecule has 0 saturated carbocycles. The lowest BCUT2D eigenvalue weighted by Gasteiger charge is -2.15. The molecule has 0 heterocycles. The number of ether oxygens (including phenoxy) is 4. The van der Waals surface area contributed by atoms with Crippen molar-refractivity contribution in [3.63, 3.8) is 0 Å². The third-order valence-electron chi connectivity index (χ3n) is 3.77. The van der Waals surface area contributed by atoms with Gasteiger partial charge in [0.1, 0.15) is 0 Å². The van der Waals surface area contributed by atoms with Gasteiger partial charge in [0.15, 0.2) is 12.6 Å². The Labute approximate surface area is 161 Å². The van der Waals surface area contributed by atoms with Crippen LogP contribution in [0.2, 0.25) is 0 Å². The van der Waals surface area contributed by atoms with Crippen LogP contribution in [0.15, 0.2) is 24.3 Å². The first-order valence-electron chi connectivity index (χ1n) is 10.6. The monoisotopic (exact) mass is 370 g/mol. The first-order valence-corrected chi connectivity index (χ1v) is 10.6. The lowest BCUT2D eigenvalue weighted by Crippen LogP contribution is -2.16. The van der Waals surface area contributed by atoms with Gasteiger partial charge in [0.05, 0.1) is 26.4 Å². The van der Waals surface area contributed by atoms with Crippen molar-refractivity contribution < 1.29 is 18.9 Å². The number of allylic oxidation sites excluding steroid dienone is 2. The van der Waals surface area contributed by atoms with E-state index in [2.05, 4.69) is 27.7 Å². The number of rotatable bonds is 19. The molecule has 0 atom stereocenters. The molecule has 4 nitrogen and oxygen atoms in total. The molecule has 0 aromatic carbocycles. The Bertz CT molecular complexity index is 276. The van der Waals surface area contributed by atoms with Gasteiger partial charge in [-0.3, -0.25) is 0 Å². The molecule has 0 bridgehead atoms. The molecule has 0 aliphatic heterocycles. The zero-order valence-corrected chi connectivity index (χ0v) is 17.6. The zero-order valence-electron chi connectivity index (χ0n) is 17.6. The van der Waals surface area contributed by atoms with E-state index in [4.69, 9.17) is 18.9 Å². The SMILES string of the molecule is CCCCOC(/C=C/C=C/C(OCCCC)OCCCC)OCCCC. The van der Waals surface area contributed by atoms with E-state index in [-0.39, 0.29) is 12.6 Å². The van der Waals surface area contributed by atoms with Crippen LogP contribution < -0.4 is 0 Å². The number of hydrogen-bond donors (Lipinski definition) is 0. The molecule has 26 heavy (non-hydrogen) atoms. The normalized spacial score (nSPS) is 12.4. The molecule has 0 aromatic rings. The van der Waals surface area contributed by atoms with Gasteiger partial charge in [-0.25, -0.2) is 0 Å². The molecule has 0 fully saturated rings. The first kappa shape index (κ1) is 25.3. The summed E-state index contributed by atoms with van der Waals surface area (Å²) in [6.45, 7) is 11.5. The van der Waals surface area contributed by atoms with Crippen molar-refractivity contribution in [3.05, 3.63) is 24.3 Å². The van der Waals surface area contributed by atoms with E-state index in [0.717, 1.165) is 77.8 Å². The molecule has 0 unspecified atom stereocenters. The highest BCUT2D eigenvalue weighted by molar-refractivity contribution is 5.05. The highest BCUT2D eigenvalue weighted by Gasteiger charge is 2.05. The first-order chi connectivity index (χ1) is 12.8. The lowest BCUT2D eigenvalue weighted by molar-refractivity contribution is -0.113. The minimum Gasteiger partial charge on any atom is -0.349 e. The quantitative estimate of drug-likeness (QED) is 0.158. The molecule has 0 radical (unpaired) electrons. The average Bonchev–Trinajstić information content (AvgIpc) is 2.64. The van der Waals surface area contributed by atoms with Crippen LogP contribution in [-0.2, 0) is 18.9 Å². The Kier molecular flexibility index (Phi) is 20.1. The Hall–Kier alpha value is -0.680. The largest absolute Gasteiger partial charge is 0.349 e. The van der Waals surface area contributed by atoms with E-state index in [1.54, 1.807) is 0 Å². The van der Waals surface area contributed by atoms with Gasteiger partial charge >= 0.3 is 0 Å². The van der Waals surface area contributed by atoms with Crippen LogP contribution in [0.3, 0.4) is 0 Å². The maximum absolute atomic E-state index is 5.79. The third-order valence-corrected chi connectivity index (χ3v) is 3.77. The topological polar surface area (TPSA) is 36.9 Å². The summed E-state index contributed by atoms with van der Waals surface area (Å²) in [6.07, 6.45) is 16.0. The molecule has 0 saturated heterocycles. The molecule has 0 aliphatic carbocycles. The van der Waals surface area contributed by atoms with Crippen molar-refractivity contribution in [1.82, 2.24) is 0 Å². The fourth-order valence-electron chi connectivity index (χ4n) is 2.00. The standard InChI is InChI=1S/C22H42O4/c1-5-9-17-23-21(24-18-10-6-2)15-13-14-16-22(25-19-11-7-3)26-20-12-8-4/h13-16,21-22H,5-12,17-20H2,1-4H3/b15-13+,16-14+. The second-order valence-corrected chi connectivity index (χ2v) is 6.40. The third kappa shape index (κ3) is 16.8. The van der Waals surface area contributed by atoms with Crippen LogP contribution in [0.25, 0.3) is 0 Å². The zero-order chi connectivity index (χ0) is 19.3. The van der Waals surface area contributed by atoms with Gasteiger partial charge in [0.2, 0.25) is 0 Å².